The van der Waals surface area contributed by atoms with Crippen molar-refractivity contribution in [3.63, 3.8) is 0 Å². The molecule has 1 heterocycles. The van der Waals surface area contributed by atoms with E-state index in [2.05, 4.69) is 5.32 Å². The first-order chi connectivity index (χ1) is 11.5. The van der Waals surface area contributed by atoms with Gasteiger partial charge in [0.25, 0.3) is 5.91 Å². The Morgan fingerprint density at radius 3 is 2.42 bits per heavy atom. The monoisotopic (exact) mass is 347 g/mol. The Hall–Kier alpha value is -2.39. The maximum absolute atomic E-state index is 12.2. The van der Waals surface area contributed by atoms with E-state index in [9.17, 15) is 14.4 Å². The van der Waals surface area contributed by atoms with Crippen LogP contribution in [0.25, 0.3) is 0 Å². The van der Waals surface area contributed by atoms with Crippen LogP contribution in [0.1, 0.15) is 29.6 Å². The fraction of sp³-hybridized carbons (Fsp3) is 0.412. The zero-order valence-corrected chi connectivity index (χ0v) is 13.9. The molecule has 0 bridgehead atoms. The van der Waals surface area contributed by atoms with Crippen LogP contribution in [-0.2, 0) is 9.59 Å². The molecule has 0 saturated carbocycles. The molecule has 24 heavy (non-hydrogen) atoms. The fourth-order valence-electron chi connectivity index (χ4n) is 2.53. The number of halogens is 1. The number of nitrogens with zero attached hydrogens (tertiary/aromatic N) is 2. The third-order valence-corrected chi connectivity index (χ3v) is 4.13. The Balaban J connectivity index is 1.83. The quantitative estimate of drug-likeness (QED) is 0.794. The number of carbonyl (C=O) groups is 3. The summed E-state index contributed by atoms with van der Waals surface area (Å²) in [4.78, 5) is 37.7. The molecule has 0 aliphatic carbocycles. The Morgan fingerprint density at radius 1 is 1.21 bits per heavy atom. The highest BCUT2D eigenvalue weighted by molar-refractivity contribution is 6.30. The summed E-state index contributed by atoms with van der Waals surface area (Å²) >= 11 is 5.75. The molecular formula is C17H18ClN3O3. The maximum atomic E-state index is 12.2. The number of ketones is 1. The second-order valence-corrected chi connectivity index (χ2v) is 6.01. The molecule has 1 atom stereocenters. The Morgan fingerprint density at radius 2 is 1.83 bits per heavy atom. The van der Waals surface area contributed by atoms with E-state index in [1.807, 2.05) is 0 Å². The van der Waals surface area contributed by atoms with Gasteiger partial charge in [-0.3, -0.25) is 14.4 Å². The van der Waals surface area contributed by atoms with E-state index in [0.29, 0.717) is 23.7 Å². The van der Waals surface area contributed by atoms with Crippen LogP contribution in [0, 0.1) is 17.2 Å². The molecule has 2 rings (SSSR count). The second-order valence-electron chi connectivity index (χ2n) is 5.57. The Kier molecular flexibility index (Phi) is 6.33. The maximum Gasteiger partial charge on any atom is 0.251 e. The van der Waals surface area contributed by atoms with Gasteiger partial charge in [-0.25, -0.2) is 0 Å². The second kappa shape index (κ2) is 8.46. The average Bonchev–Trinajstić information content (AvgIpc) is 3.10. The molecule has 0 aromatic heterocycles. The molecule has 126 valence electrons. The lowest BCUT2D eigenvalue weighted by atomic mass is 10.0. The third kappa shape index (κ3) is 4.56. The number of Topliss-reactive ketones (excluding diaryl/α,β-unsaturated/α-hetero) is 1. The minimum Gasteiger partial charge on any atom is -0.352 e. The van der Waals surface area contributed by atoms with Crippen LogP contribution in [0.3, 0.4) is 0 Å². The number of nitriles is 1. The topological polar surface area (TPSA) is 90.3 Å². The molecule has 1 aliphatic heterocycles. The highest BCUT2D eigenvalue weighted by atomic mass is 35.5. The SMILES string of the molecule is N#C[C@@H](C(=O)CCNC(=O)c1ccc(Cl)cc1)C(=O)N1CCCC1. The highest BCUT2D eigenvalue weighted by Gasteiger charge is 2.31. The van der Waals surface area contributed by atoms with Gasteiger partial charge in [0.15, 0.2) is 11.7 Å². The first-order valence-corrected chi connectivity index (χ1v) is 8.15. The van der Waals surface area contributed by atoms with Crippen LogP contribution in [0.2, 0.25) is 5.02 Å². The predicted molar refractivity (Wildman–Crippen MR) is 88.3 cm³/mol. The van der Waals surface area contributed by atoms with Crippen molar-refractivity contribution >= 4 is 29.2 Å². The number of hydrogen-bond acceptors (Lipinski definition) is 4. The first kappa shape index (κ1) is 18.0. The van der Waals surface area contributed by atoms with Gasteiger partial charge in [-0.05, 0) is 37.1 Å². The number of carbonyl (C=O) groups excluding carboxylic acids is 3. The molecule has 1 aromatic rings. The minimum atomic E-state index is -1.28. The lowest BCUT2D eigenvalue weighted by Gasteiger charge is -2.18. The zero-order chi connectivity index (χ0) is 17.5. The van der Waals surface area contributed by atoms with Crippen molar-refractivity contribution in [2.45, 2.75) is 19.3 Å². The molecular weight excluding hydrogens is 330 g/mol. The van der Waals surface area contributed by atoms with Gasteiger partial charge in [0, 0.05) is 36.6 Å². The smallest absolute Gasteiger partial charge is 0.251 e. The predicted octanol–water partition coefficient (Wildman–Crippen LogP) is 1.79. The summed E-state index contributed by atoms with van der Waals surface area (Å²) < 4.78 is 0. The summed E-state index contributed by atoms with van der Waals surface area (Å²) in [5.74, 6) is -2.51. The van der Waals surface area contributed by atoms with Gasteiger partial charge in [0.2, 0.25) is 5.91 Å². The van der Waals surface area contributed by atoms with Crippen molar-refractivity contribution in [3.05, 3.63) is 34.9 Å². The molecule has 0 spiro atoms. The van der Waals surface area contributed by atoms with E-state index in [-0.39, 0.29) is 18.9 Å². The third-order valence-electron chi connectivity index (χ3n) is 3.88. The molecule has 1 aliphatic rings. The number of likely N-dealkylation sites (tertiary alicyclic amines) is 1. The normalized spacial score (nSPS) is 14.8. The molecule has 6 nitrogen and oxygen atoms in total. The number of amides is 2. The molecule has 1 saturated heterocycles. The molecule has 1 fully saturated rings. The van der Waals surface area contributed by atoms with E-state index in [0.717, 1.165) is 12.8 Å². The largest absolute Gasteiger partial charge is 0.352 e. The zero-order valence-electron chi connectivity index (χ0n) is 13.1. The molecule has 7 heteroatoms. The number of hydrogen-bond donors (Lipinski definition) is 1. The van der Waals surface area contributed by atoms with Gasteiger partial charge in [-0.15, -0.1) is 0 Å². The lowest BCUT2D eigenvalue weighted by molar-refractivity contribution is -0.138. The van der Waals surface area contributed by atoms with Crippen molar-refractivity contribution in [1.82, 2.24) is 10.2 Å². The fourth-order valence-corrected chi connectivity index (χ4v) is 2.66. The van der Waals surface area contributed by atoms with Gasteiger partial charge < -0.3 is 10.2 Å². The van der Waals surface area contributed by atoms with Crippen LogP contribution in [0.4, 0.5) is 0 Å². The molecule has 2 amide bonds. The molecule has 1 N–H and O–H groups in total. The number of nitrogens with one attached hydrogen (secondary N) is 1. The molecule has 1 aromatic carbocycles. The number of rotatable bonds is 6. The number of benzene rings is 1. The van der Waals surface area contributed by atoms with E-state index >= 15 is 0 Å². The summed E-state index contributed by atoms with van der Waals surface area (Å²) in [5.41, 5.74) is 0.428. The summed E-state index contributed by atoms with van der Waals surface area (Å²) in [6.07, 6.45) is 1.74. The van der Waals surface area contributed by atoms with Gasteiger partial charge in [-0.1, -0.05) is 11.6 Å². The van der Waals surface area contributed by atoms with Gasteiger partial charge in [0.05, 0.1) is 6.07 Å². The van der Waals surface area contributed by atoms with Crippen molar-refractivity contribution in [3.8, 4) is 6.07 Å². The van der Waals surface area contributed by atoms with Crippen molar-refractivity contribution in [2.24, 2.45) is 5.92 Å². The van der Waals surface area contributed by atoms with Crippen LogP contribution < -0.4 is 5.32 Å². The van der Waals surface area contributed by atoms with Crippen molar-refractivity contribution < 1.29 is 14.4 Å². The summed E-state index contributed by atoms with van der Waals surface area (Å²) in [5, 5.41) is 12.2. The summed E-state index contributed by atoms with van der Waals surface area (Å²) in [7, 11) is 0. The Labute approximate surface area is 145 Å². The van der Waals surface area contributed by atoms with Crippen molar-refractivity contribution in [2.75, 3.05) is 19.6 Å². The first-order valence-electron chi connectivity index (χ1n) is 7.78. The summed E-state index contributed by atoms with van der Waals surface area (Å²) in [6.45, 7) is 1.26. The van der Waals surface area contributed by atoms with E-state index in [4.69, 9.17) is 16.9 Å². The van der Waals surface area contributed by atoms with Gasteiger partial charge >= 0.3 is 0 Å². The van der Waals surface area contributed by atoms with Crippen LogP contribution in [0.5, 0.6) is 0 Å². The Bertz CT molecular complexity index is 661. The van der Waals surface area contributed by atoms with Crippen LogP contribution in [0.15, 0.2) is 24.3 Å². The molecule has 0 radical (unpaired) electrons. The van der Waals surface area contributed by atoms with Gasteiger partial charge in [-0.2, -0.15) is 5.26 Å². The highest BCUT2D eigenvalue weighted by Crippen LogP contribution is 2.13. The lowest BCUT2D eigenvalue weighted by Crippen LogP contribution is -2.38. The van der Waals surface area contributed by atoms with Crippen LogP contribution >= 0.6 is 11.6 Å². The van der Waals surface area contributed by atoms with Gasteiger partial charge in [0.1, 0.15) is 0 Å². The average molecular weight is 348 g/mol. The minimum absolute atomic E-state index is 0.0584. The van der Waals surface area contributed by atoms with Crippen LogP contribution in [-0.4, -0.2) is 42.1 Å². The van der Waals surface area contributed by atoms with E-state index < -0.39 is 17.6 Å². The standard InChI is InChI=1S/C17H18ClN3O3/c18-13-5-3-12(4-6-13)16(23)20-8-7-15(22)14(11-19)17(24)21-9-1-2-10-21/h3-6,14H,1-2,7-10H2,(H,20,23)/t14-/m0/s1. The van der Waals surface area contributed by atoms with E-state index in [1.54, 1.807) is 35.2 Å². The summed E-state index contributed by atoms with van der Waals surface area (Å²) in [6, 6.07) is 8.14. The van der Waals surface area contributed by atoms with E-state index in [1.165, 1.54) is 0 Å². The molecule has 0 unspecified atom stereocenters. The van der Waals surface area contributed by atoms with Crippen molar-refractivity contribution in [1.29, 1.82) is 5.26 Å².